The number of hydrogen-bond donors (Lipinski definition) is 1. The molecule has 2 atom stereocenters. The minimum atomic E-state index is -0.856. The third-order valence-corrected chi connectivity index (χ3v) is 3.69. The molecule has 92 valence electrons. The van der Waals surface area contributed by atoms with Gasteiger partial charge in [-0.05, 0) is 51.3 Å². The van der Waals surface area contributed by atoms with Crippen LogP contribution in [-0.2, 0) is 0 Å². The number of nitrogens with zero attached hydrogens (tertiary/aromatic N) is 1. The average Bonchev–Trinajstić information content (AvgIpc) is 2.59. The molecule has 0 amide bonds. The normalized spacial score (nSPS) is 24.1. The average molecular weight is 233 g/mol. The number of carboxylic acid groups (broad SMARTS) is 1. The van der Waals surface area contributed by atoms with Crippen molar-refractivity contribution in [1.82, 2.24) is 0 Å². The lowest BCUT2D eigenvalue weighted by Crippen LogP contribution is -2.33. The van der Waals surface area contributed by atoms with E-state index in [0.29, 0.717) is 17.6 Å². The number of hydrogen-bond acceptors (Lipinski definition) is 2. The Bertz CT molecular complexity index is 432. The number of aromatic carboxylic acids is 1. The van der Waals surface area contributed by atoms with E-state index in [9.17, 15) is 4.79 Å². The molecular weight excluding hydrogens is 214 g/mol. The van der Waals surface area contributed by atoms with Crippen molar-refractivity contribution in [3.8, 4) is 0 Å². The van der Waals surface area contributed by atoms with E-state index >= 15 is 0 Å². The number of rotatable bonds is 2. The van der Waals surface area contributed by atoms with Crippen LogP contribution in [0.2, 0.25) is 0 Å². The molecule has 2 unspecified atom stereocenters. The molecule has 0 aliphatic carbocycles. The van der Waals surface area contributed by atoms with Crippen LogP contribution in [0.4, 0.5) is 5.69 Å². The molecule has 0 saturated carbocycles. The van der Waals surface area contributed by atoms with E-state index in [4.69, 9.17) is 5.11 Å². The molecule has 0 spiro atoms. The zero-order chi connectivity index (χ0) is 12.6. The first-order valence-electron chi connectivity index (χ1n) is 6.13. The van der Waals surface area contributed by atoms with Crippen molar-refractivity contribution < 1.29 is 9.90 Å². The van der Waals surface area contributed by atoms with Crippen LogP contribution in [0.5, 0.6) is 0 Å². The van der Waals surface area contributed by atoms with Crippen molar-refractivity contribution in [3.63, 3.8) is 0 Å². The minimum absolute atomic E-state index is 0.372. The van der Waals surface area contributed by atoms with Gasteiger partial charge in [0.25, 0.3) is 0 Å². The Labute approximate surface area is 102 Å². The van der Waals surface area contributed by atoms with Crippen LogP contribution in [-0.4, -0.2) is 23.2 Å². The molecule has 17 heavy (non-hydrogen) atoms. The van der Waals surface area contributed by atoms with Gasteiger partial charge in [0.15, 0.2) is 0 Å². The zero-order valence-electron chi connectivity index (χ0n) is 10.6. The monoisotopic (exact) mass is 233 g/mol. The molecule has 0 bridgehead atoms. The SMILES string of the molecule is Cc1ccc(C(=O)O)cc1N1C(C)CCC1C. The smallest absolute Gasteiger partial charge is 0.335 e. The van der Waals surface area contributed by atoms with Gasteiger partial charge in [0.2, 0.25) is 0 Å². The zero-order valence-corrected chi connectivity index (χ0v) is 10.6. The maximum Gasteiger partial charge on any atom is 0.335 e. The lowest BCUT2D eigenvalue weighted by molar-refractivity contribution is 0.0697. The van der Waals surface area contributed by atoms with Gasteiger partial charge in [0.1, 0.15) is 0 Å². The number of aryl methyl sites for hydroxylation is 1. The first kappa shape index (κ1) is 12.0. The largest absolute Gasteiger partial charge is 0.478 e. The van der Waals surface area contributed by atoms with Crippen molar-refractivity contribution in [2.24, 2.45) is 0 Å². The van der Waals surface area contributed by atoms with Crippen LogP contribution in [0.3, 0.4) is 0 Å². The van der Waals surface area contributed by atoms with E-state index in [1.54, 1.807) is 12.1 Å². The fourth-order valence-corrected chi connectivity index (χ4v) is 2.69. The highest BCUT2D eigenvalue weighted by Gasteiger charge is 2.28. The Morgan fingerprint density at radius 2 is 1.88 bits per heavy atom. The van der Waals surface area contributed by atoms with E-state index < -0.39 is 5.97 Å². The first-order chi connectivity index (χ1) is 8.00. The van der Waals surface area contributed by atoms with Gasteiger partial charge in [-0.15, -0.1) is 0 Å². The van der Waals surface area contributed by atoms with Gasteiger partial charge in [-0.25, -0.2) is 4.79 Å². The molecule has 1 aliphatic rings. The molecule has 1 saturated heterocycles. The summed E-state index contributed by atoms with van der Waals surface area (Å²) in [7, 11) is 0. The lowest BCUT2D eigenvalue weighted by atomic mass is 10.1. The van der Waals surface area contributed by atoms with Gasteiger partial charge < -0.3 is 10.0 Å². The van der Waals surface area contributed by atoms with Crippen molar-refractivity contribution in [1.29, 1.82) is 0 Å². The molecule has 1 aromatic rings. The van der Waals surface area contributed by atoms with Crippen LogP contribution in [0.25, 0.3) is 0 Å². The molecule has 1 aromatic carbocycles. The van der Waals surface area contributed by atoms with Crippen LogP contribution < -0.4 is 4.90 Å². The number of carbonyl (C=O) groups is 1. The van der Waals surface area contributed by atoms with E-state index in [-0.39, 0.29) is 0 Å². The molecular formula is C14H19NO2. The van der Waals surface area contributed by atoms with Gasteiger partial charge in [0.05, 0.1) is 5.56 Å². The summed E-state index contributed by atoms with van der Waals surface area (Å²) in [6, 6.07) is 6.36. The summed E-state index contributed by atoms with van der Waals surface area (Å²) in [5.74, 6) is -0.856. The molecule has 1 N–H and O–H groups in total. The number of carboxylic acids is 1. The van der Waals surface area contributed by atoms with Crippen LogP contribution in [0, 0.1) is 6.92 Å². The summed E-state index contributed by atoms with van der Waals surface area (Å²) in [4.78, 5) is 13.4. The summed E-state index contributed by atoms with van der Waals surface area (Å²) < 4.78 is 0. The van der Waals surface area contributed by atoms with Gasteiger partial charge in [-0.1, -0.05) is 6.07 Å². The topological polar surface area (TPSA) is 40.5 Å². The Morgan fingerprint density at radius 3 is 2.41 bits per heavy atom. The summed E-state index contributed by atoms with van der Waals surface area (Å²) in [5, 5.41) is 9.06. The Morgan fingerprint density at radius 1 is 1.29 bits per heavy atom. The molecule has 1 aliphatic heterocycles. The van der Waals surface area contributed by atoms with Crippen LogP contribution in [0.1, 0.15) is 42.6 Å². The quantitative estimate of drug-likeness (QED) is 0.853. The highest BCUT2D eigenvalue weighted by Crippen LogP contribution is 2.33. The van der Waals surface area contributed by atoms with E-state index in [1.807, 2.05) is 13.0 Å². The minimum Gasteiger partial charge on any atom is -0.478 e. The van der Waals surface area contributed by atoms with E-state index in [2.05, 4.69) is 18.7 Å². The van der Waals surface area contributed by atoms with Crippen molar-refractivity contribution in [2.45, 2.75) is 45.7 Å². The van der Waals surface area contributed by atoms with E-state index in [0.717, 1.165) is 11.3 Å². The fraction of sp³-hybridized carbons (Fsp3) is 0.500. The molecule has 2 rings (SSSR count). The molecule has 3 heteroatoms. The van der Waals surface area contributed by atoms with Crippen molar-refractivity contribution >= 4 is 11.7 Å². The fourth-order valence-electron chi connectivity index (χ4n) is 2.69. The van der Waals surface area contributed by atoms with Gasteiger partial charge in [-0.3, -0.25) is 0 Å². The van der Waals surface area contributed by atoms with Crippen molar-refractivity contribution in [3.05, 3.63) is 29.3 Å². The lowest BCUT2D eigenvalue weighted by Gasteiger charge is -2.30. The van der Waals surface area contributed by atoms with Gasteiger partial charge in [-0.2, -0.15) is 0 Å². The van der Waals surface area contributed by atoms with Gasteiger partial charge >= 0.3 is 5.97 Å². The third-order valence-electron chi connectivity index (χ3n) is 3.69. The Kier molecular flexibility index (Phi) is 3.09. The summed E-state index contributed by atoms with van der Waals surface area (Å²) >= 11 is 0. The molecule has 3 nitrogen and oxygen atoms in total. The second-order valence-electron chi connectivity index (χ2n) is 4.99. The summed E-state index contributed by atoms with van der Waals surface area (Å²) in [6.45, 7) is 6.45. The second kappa shape index (κ2) is 4.40. The predicted molar refractivity (Wildman–Crippen MR) is 68.8 cm³/mol. The maximum atomic E-state index is 11.0. The highest BCUT2D eigenvalue weighted by atomic mass is 16.4. The molecule has 1 heterocycles. The molecule has 0 aromatic heterocycles. The number of anilines is 1. The Hall–Kier alpha value is -1.51. The second-order valence-corrected chi connectivity index (χ2v) is 4.99. The standard InChI is InChI=1S/C14H19NO2/c1-9-4-7-12(14(16)17)8-13(9)15-10(2)5-6-11(15)3/h4,7-8,10-11H,5-6H2,1-3H3,(H,16,17). The molecule has 0 radical (unpaired) electrons. The molecule has 1 fully saturated rings. The summed E-state index contributed by atoms with van der Waals surface area (Å²) in [6.07, 6.45) is 2.36. The summed E-state index contributed by atoms with van der Waals surface area (Å²) in [5.41, 5.74) is 2.59. The maximum absolute atomic E-state index is 11.0. The van der Waals surface area contributed by atoms with Crippen LogP contribution in [0.15, 0.2) is 18.2 Å². The van der Waals surface area contributed by atoms with E-state index in [1.165, 1.54) is 12.8 Å². The predicted octanol–water partition coefficient (Wildman–Crippen LogP) is 3.07. The van der Waals surface area contributed by atoms with Crippen molar-refractivity contribution in [2.75, 3.05) is 4.90 Å². The van der Waals surface area contributed by atoms with Gasteiger partial charge in [0, 0.05) is 17.8 Å². The van der Waals surface area contributed by atoms with Crippen LogP contribution >= 0.6 is 0 Å². The number of benzene rings is 1. The first-order valence-corrected chi connectivity index (χ1v) is 6.13. The third kappa shape index (κ3) is 2.14. The highest BCUT2D eigenvalue weighted by molar-refractivity contribution is 5.89. The Balaban J connectivity index is 2.43.